The van der Waals surface area contributed by atoms with E-state index >= 15 is 0 Å². The Labute approximate surface area is 204 Å². The van der Waals surface area contributed by atoms with Crippen molar-refractivity contribution in [1.29, 1.82) is 0 Å². The molecule has 2 atom stereocenters. The van der Waals surface area contributed by atoms with Crippen molar-refractivity contribution in [1.82, 2.24) is 0 Å². The second kappa shape index (κ2) is 7.85. The maximum Gasteiger partial charge on any atom is 0.159 e. The van der Waals surface area contributed by atoms with Crippen LogP contribution in [0.2, 0.25) is 0 Å². The van der Waals surface area contributed by atoms with Crippen LogP contribution in [0.15, 0.2) is 46.9 Å². The summed E-state index contributed by atoms with van der Waals surface area (Å²) < 4.78 is -0.490. The molecule has 178 valence electrons. The van der Waals surface area contributed by atoms with Crippen LogP contribution in [-0.2, 0) is 5.41 Å². The molecule has 1 aromatic rings. The topological polar surface area (TPSA) is 40.5 Å². The Balaban J connectivity index is 1.93. The van der Waals surface area contributed by atoms with Crippen LogP contribution in [0.5, 0.6) is 5.75 Å². The van der Waals surface area contributed by atoms with E-state index in [0.29, 0.717) is 0 Å². The Hall–Kier alpha value is -0.840. The molecule has 1 aromatic carbocycles. The number of rotatable bonds is 6. The first-order chi connectivity index (χ1) is 14.3. The highest BCUT2D eigenvalue weighted by molar-refractivity contribution is 8.26. The molecular formula is C28H42O2S2. The quantitative estimate of drug-likeness (QED) is 0.407. The molecule has 0 radical (unpaired) electrons. The Kier molecular flexibility index (Phi) is 6.32. The predicted molar refractivity (Wildman–Crippen MR) is 141 cm³/mol. The Morgan fingerprint density at radius 2 is 1.44 bits per heavy atom. The summed E-state index contributed by atoms with van der Waals surface area (Å²) in [5.74, 6) is 0.285. The van der Waals surface area contributed by atoms with Crippen LogP contribution >= 0.6 is 23.5 Å². The fraction of sp³-hybridized carbons (Fsp3) is 0.643. The number of fused-ring (bicyclic) bond motifs is 1. The van der Waals surface area contributed by atoms with Crippen molar-refractivity contribution in [2.24, 2.45) is 16.2 Å². The van der Waals surface area contributed by atoms with Crippen LogP contribution in [0, 0.1) is 16.2 Å². The summed E-state index contributed by atoms with van der Waals surface area (Å²) in [6.45, 7) is 22.8. The van der Waals surface area contributed by atoms with Crippen LogP contribution in [0.25, 0.3) is 0 Å². The number of phenols is 1. The molecular weight excluding hydrogens is 432 g/mol. The second-order valence-electron chi connectivity index (χ2n) is 13.4. The molecule has 0 saturated carbocycles. The van der Waals surface area contributed by atoms with E-state index in [1.807, 2.05) is 18.2 Å². The largest absolute Gasteiger partial charge is 0.507 e. The van der Waals surface area contributed by atoms with Crippen molar-refractivity contribution in [3.63, 3.8) is 0 Å². The molecule has 1 saturated heterocycles. The number of hydrogen-bond acceptors (Lipinski definition) is 4. The fourth-order valence-corrected chi connectivity index (χ4v) is 8.41. The summed E-state index contributed by atoms with van der Waals surface area (Å²) in [5, 5.41) is 21.9. The lowest BCUT2D eigenvalue weighted by atomic mass is 9.71. The molecule has 2 N–H and O–H groups in total. The molecule has 2 nitrogen and oxygen atoms in total. The van der Waals surface area contributed by atoms with Gasteiger partial charge in [-0.05, 0) is 63.8 Å². The third-order valence-electron chi connectivity index (χ3n) is 6.33. The van der Waals surface area contributed by atoms with Crippen LogP contribution in [0.4, 0.5) is 0 Å². The van der Waals surface area contributed by atoms with Gasteiger partial charge in [-0.15, -0.1) is 0 Å². The standard InChI is InChI=1S/C28H42O2S2/c1-23(2,3)17-25(7,8)19-11-12-21(29)22(15-19)31-28-16-20(13-14-27(28,30)32-28)26(9,10)18-24(4,5)6/h11-16,29-30H,17-18H2,1-10H3. The zero-order chi connectivity index (χ0) is 24.4. The number of hydrogen-bond donors (Lipinski definition) is 2. The minimum absolute atomic E-state index is 0.00534. The summed E-state index contributed by atoms with van der Waals surface area (Å²) in [6, 6.07) is 5.99. The molecule has 1 fully saturated rings. The third-order valence-corrected chi connectivity index (χ3v) is 9.53. The number of benzene rings is 1. The number of thioether (sulfide) groups is 2. The van der Waals surface area contributed by atoms with Crippen molar-refractivity contribution in [2.75, 3.05) is 0 Å². The van der Waals surface area contributed by atoms with E-state index in [1.54, 1.807) is 23.5 Å². The van der Waals surface area contributed by atoms with Crippen molar-refractivity contribution in [2.45, 2.75) is 101 Å². The van der Waals surface area contributed by atoms with Crippen molar-refractivity contribution in [3.8, 4) is 5.75 Å². The minimum Gasteiger partial charge on any atom is -0.507 e. The Bertz CT molecular complexity index is 943. The van der Waals surface area contributed by atoms with E-state index in [2.05, 4.69) is 87.5 Å². The highest BCUT2D eigenvalue weighted by Crippen LogP contribution is 2.74. The van der Waals surface area contributed by atoms with Crippen LogP contribution in [0.1, 0.15) is 87.6 Å². The van der Waals surface area contributed by atoms with E-state index in [0.717, 1.165) is 17.7 Å². The minimum atomic E-state index is -0.914. The van der Waals surface area contributed by atoms with Gasteiger partial charge < -0.3 is 10.2 Å². The lowest BCUT2D eigenvalue weighted by Crippen LogP contribution is -2.28. The van der Waals surface area contributed by atoms with Gasteiger partial charge in [0.2, 0.25) is 0 Å². The summed E-state index contributed by atoms with van der Waals surface area (Å²) in [5.41, 5.74) is 2.91. The summed E-state index contributed by atoms with van der Waals surface area (Å²) >= 11 is 3.15. The number of aliphatic hydroxyl groups is 1. The first kappa shape index (κ1) is 25.8. The SMILES string of the molecule is CC(C)(C)CC(C)(C)C1=CC2(Sc3cc(C(C)(C)CC(C)(C)C)ccc3O)SC2(O)C=C1. The average molecular weight is 475 g/mol. The lowest BCUT2D eigenvalue weighted by Gasteiger charge is -2.36. The number of aromatic hydroxyl groups is 1. The van der Waals surface area contributed by atoms with E-state index in [9.17, 15) is 10.2 Å². The molecule has 0 aromatic heterocycles. The number of phenolic OH excluding ortho intramolecular Hbond substituents is 1. The van der Waals surface area contributed by atoms with Crippen molar-refractivity contribution in [3.05, 3.63) is 47.6 Å². The van der Waals surface area contributed by atoms with E-state index in [-0.39, 0.29) is 27.4 Å². The average Bonchev–Trinajstić information content (AvgIpc) is 3.16. The molecule has 1 heterocycles. The molecule has 1 aliphatic heterocycles. The van der Waals surface area contributed by atoms with Gasteiger partial charge in [0.25, 0.3) is 0 Å². The summed E-state index contributed by atoms with van der Waals surface area (Å²) in [7, 11) is 0. The molecule has 4 heteroatoms. The van der Waals surface area contributed by atoms with Crippen molar-refractivity contribution >= 4 is 23.5 Å². The maximum atomic E-state index is 11.2. The monoisotopic (exact) mass is 474 g/mol. The lowest BCUT2D eigenvalue weighted by molar-refractivity contribution is 0.216. The van der Waals surface area contributed by atoms with E-state index < -0.39 is 9.01 Å². The molecule has 2 aliphatic rings. The van der Waals surface area contributed by atoms with Gasteiger partial charge in [-0.1, -0.05) is 111 Å². The van der Waals surface area contributed by atoms with Crippen LogP contribution in [0.3, 0.4) is 0 Å². The van der Waals surface area contributed by atoms with Gasteiger partial charge in [-0.2, -0.15) is 0 Å². The number of allylic oxidation sites excluding steroid dienone is 2. The first-order valence-corrected chi connectivity index (χ1v) is 13.3. The van der Waals surface area contributed by atoms with Gasteiger partial charge in [-0.3, -0.25) is 0 Å². The van der Waals surface area contributed by atoms with E-state index in [1.165, 1.54) is 11.1 Å². The highest BCUT2D eigenvalue weighted by Gasteiger charge is 2.68. The third kappa shape index (κ3) is 5.45. The van der Waals surface area contributed by atoms with Gasteiger partial charge in [0.15, 0.2) is 4.93 Å². The van der Waals surface area contributed by atoms with Crippen LogP contribution < -0.4 is 0 Å². The predicted octanol–water partition coefficient (Wildman–Crippen LogP) is 8.29. The van der Waals surface area contributed by atoms with Gasteiger partial charge in [0.05, 0.1) is 4.90 Å². The van der Waals surface area contributed by atoms with Crippen molar-refractivity contribution < 1.29 is 10.2 Å². The summed E-state index contributed by atoms with van der Waals surface area (Å²) in [4.78, 5) is -0.0741. The molecule has 2 unspecified atom stereocenters. The Morgan fingerprint density at radius 1 is 0.875 bits per heavy atom. The Morgan fingerprint density at radius 3 is 2.00 bits per heavy atom. The second-order valence-corrected chi connectivity index (χ2v) is 16.4. The zero-order valence-corrected chi connectivity index (χ0v) is 23.2. The van der Waals surface area contributed by atoms with E-state index in [4.69, 9.17) is 0 Å². The fourth-order valence-electron chi connectivity index (χ4n) is 5.52. The van der Waals surface area contributed by atoms with Gasteiger partial charge in [0.1, 0.15) is 9.83 Å². The molecule has 32 heavy (non-hydrogen) atoms. The van der Waals surface area contributed by atoms with Gasteiger partial charge in [-0.25, -0.2) is 0 Å². The van der Waals surface area contributed by atoms with Gasteiger partial charge in [0, 0.05) is 0 Å². The maximum absolute atomic E-state index is 11.2. The molecule has 0 bridgehead atoms. The smallest absolute Gasteiger partial charge is 0.159 e. The molecule has 3 rings (SSSR count). The molecule has 0 amide bonds. The van der Waals surface area contributed by atoms with Gasteiger partial charge >= 0.3 is 0 Å². The van der Waals surface area contributed by atoms with Crippen LogP contribution in [-0.4, -0.2) is 19.2 Å². The zero-order valence-electron chi connectivity index (χ0n) is 21.6. The first-order valence-electron chi connectivity index (χ1n) is 11.7. The normalized spacial score (nSPS) is 26.0. The highest BCUT2D eigenvalue weighted by atomic mass is 32.2. The molecule has 0 spiro atoms. The summed E-state index contributed by atoms with van der Waals surface area (Å²) in [6.07, 6.45) is 8.41. The molecule has 1 aliphatic carbocycles.